The first kappa shape index (κ1) is 40.2. The molecular formula is C40H70O5Si2. The second kappa shape index (κ2) is 14.9. The zero-order chi connectivity index (χ0) is 35.8. The van der Waals surface area contributed by atoms with Crippen LogP contribution in [0, 0.1) is 23.2 Å². The second-order valence-electron chi connectivity index (χ2n) is 18.5. The van der Waals surface area contributed by atoms with Crippen molar-refractivity contribution in [1.29, 1.82) is 0 Å². The van der Waals surface area contributed by atoms with Gasteiger partial charge in [-0.3, -0.25) is 0 Å². The Hall–Kier alpha value is -1.26. The average molecular weight is 687 g/mol. The molecule has 0 aliphatic heterocycles. The second-order valence-corrected chi connectivity index (χ2v) is 28.1. The first-order valence-electron chi connectivity index (χ1n) is 18.3. The number of aliphatic hydroxyl groups is 1. The summed E-state index contributed by atoms with van der Waals surface area (Å²) in [6, 6.07) is 0. The molecule has 7 atom stereocenters. The summed E-state index contributed by atoms with van der Waals surface area (Å²) in [5.74, 6) is 1.06. The number of esters is 1. The van der Waals surface area contributed by atoms with E-state index >= 15 is 0 Å². The van der Waals surface area contributed by atoms with E-state index in [1.165, 1.54) is 38.4 Å². The molecule has 0 spiro atoms. The lowest BCUT2D eigenvalue weighted by Crippen LogP contribution is -2.49. The van der Waals surface area contributed by atoms with Crippen LogP contribution >= 0.6 is 0 Å². The number of ether oxygens (including phenoxy) is 1. The molecule has 3 aliphatic rings. The Morgan fingerprint density at radius 3 is 2.02 bits per heavy atom. The van der Waals surface area contributed by atoms with Gasteiger partial charge in [-0.25, -0.2) is 4.79 Å². The van der Waals surface area contributed by atoms with Gasteiger partial charge >= 0.3 is 5.97 Å². The number of hydrogen-bond acceptors (Lipinski definition) is 5. The molecule has 47 heavy (non-hydrogen) atoms. The van der Waals surface area contributed by atoms with Gasteiger partial charge in [-0.15, -0.1) is 0 Å². The smallest absolute Gasteiger partial charge is 0.333 e. The van der Waals surface area contributed by atoms with Crippen molar-refractivity contribution >= 4 is 22.6 Å². The Bertz CT molecular complexity index is 1170. The topological polar surface area (TPSA) is 65.0 Å². The highest BCUT2D eigenvalue weighted by molar-refractivity contribution is 6.74. The highest BCUT2D eigenvalue weighted by Crippen LogP contribution is 2.60. The Labute approximate surface area is 291 Å². The molecule has 3 fully saturated rings. The summed E-state index contributed by atoms with van der Waals surface area (Å²) < 4.78 is 18.9. The fourth-order valence-corrected chi connectivity index (χ4v) is 10.7. The van der Waals surface area contributed by atoms with E-state index in [2.05, 4.69) is 107 Å². The molecule has 0 amide bonds. The van der Waals surface area contributed by atoms with Crippen molar-refractivity contribution in [2.45, 2.75) is 168 Å². The normalized spacial score (nSPS) is 29.8. The monoisotopic (exact) mass is 686 g/mol. The molecule has 3 aliphatic carbocycles. The van der Waals surface area contributed by atoms with Crippen LogP contribution in [0.5, 0.6) is 0 Å². The molecule has 0 aromatic rings. The van der Waals surface area contributed by atoms with E-state index in [1.54, 1.807) is 5.57 Å². The number of hydrogen-bond donors (Lipinski definition) is 1. The fraction of sp³-hybridized carbons (Fsp3) is 0.775. The van der Waals surface area contributed by atoms with E-state index < -0.39 is 28.7 Å². The molecule has 0 heterocycles. The van der Waals surface area contributed by atoms with E-state index in [4.69, 9.17) is 13.6 Å². The maximum atomic E-state index is 11.8. The summed E-state index contributed by atoms with van der Waals surface area (Å²) in [5, 5.41) is 11.1. The minimum Gasteiger partial charge on any atom is -0.466 e. The third kappa shape index (κ3) is 9.30. The van der Waals surface area contributed by atoms with Gasteiger partial charge in [0.25, 0.3) is 0 Å². The van der Waals surface area contributed by atoms with E-state index in [0.717, 1.165) is 24.8 Å². The van der Waals surface area contributed by atoms with Crippen LogP contribution in [0.4, 0.5) is 0 Å². The lowest BCUT2D eigenvalue weighted by atomic mass is 9.60. The van der Waals surface area contributed by atoms with Gasteiger partial charge in [0.15, 0.2) is 16.6 Å². The molecule has 0 bridgehead atoms. The standard InChI is InChI=1S/C40H70O5Si2/c1-27(23-32(41)24-28(2)37(42)43-11)33-20-21-34-31(17-16-22-40(33,34)10)19-18-30-25-35(44-46(12,13)38(4,5)6)29(3)36(26-30)45-47(14,15)39(7,8)9/h18-19,27,32-36,41H,2-3,16-17,20-26H2,1,4-15H3/t27-,32-,33-,34+,35-,36-,40-/m1/s1. The van der Waals surface area contributed by atoms with Crippen LogP contribution in [0.2, 0.25) is 36.3 Å². The molecule has 268 valence electrons. The third-order valence-electron chi connectivity index (χ3n) is 13.1. The van der Waals surface area contributed by atoms with Crippen LogP contribution < -0.4 is 0 Å². The maximum Gasteiger partial charge on any atom is 0.333 e. The molecule has 0 radical (unpaired) electrons. The van der Waals surface area contributed by atoms with Crippen LogP contribution in [0.1, 0.15) is 113 Å². The Balaban J connectivity index is 1.84. The summed E-state index contributed by atoms with van der Waals surface area (Å²) in [7, 11) is -2.66. The third-order valence-corrected chi connectivity index (χ3v) is 22.0. The molecule has 0 aromatic carbocycles. The predicted octanol–water partition coefficient (Wildman–Crippen LogP) is 10.7. The minimum atomic E-state index is -2.01. The van der Waals surface area contributed by atoms with E-state index in [1.807, 2.05) is 0 Å². The number of fused-ring (bicyclic) bond motifs is 1. The van der Waals surface area contributed by atoms with E-state index in [0.29, 0.717) is 29.7 Å². The zero-order valence-corrected chi connectivity index (χ0v) is 34.5. The molecule has 0 unspecified atom stereocenters. The van der Waals surface area contributed by atoms with Gasteiger partial charge in [0.1, 0.15) is 0 Å². The summed E-state index contributed by atoms with van der Waals surface area (Å²) in [5.41, 5.74) is 4.71. The highest BCUT2D eigenvalue weighted by atomic mass is 28.4. The molecule has 7 heteroatoms. The van der Waals surface area contributed by atoms with Crippen molar-refractivity contribution in [2.75, 3.05) is 7.11 Å². The van der Waals surface area contributed by atoms with Crippen LogP contribution in [0.15, 0.2) is 47.6 Å². The van der Waals surface area contributed by atoms with Gasteiger partial charge in [0.05, 0.1) is 25.4 Å². The molecule has 1 N–H and O–H groups in total. The number of carbonyl (C=O) groups is 1. The number of methoxy groups -OCH3 is 1. The van der Waals surface area contributed by atoms with Gasteiger partial charge in [0.2, 0.25) is 0 Å². The largest absolute Gasteiger partial charge is 0.466 e. The quantitative estimate of drug-likeness (QED) is 0.101. The predicted molar refractivity (Wildman–Crippen MR) is 202 cm³/mol. The first-order chi connectivity index (χ1) is 21.4. The van der Waals surface area contributed by atoms with Gasteiger partial charge < -0.3 is 18.7 Å². The highest BCUT2D eigenvalue weighted by Gasteiger charge is 2.51. The fourth-order valence-electron chi connectivity index (χ4n) is 8.09. The molecule has 3 rings (SSSR count). The number of allylic oxidation sites excluding steroid dienone is 3. The minimum absolute atomic E-state index is 0.0147. The van der Waals surface area contributed by atoms with Crippen molar-refractivity contribution in [3.05, 3.63) is 47.6 Å². The molecule has 3 saturated carbocycles. The van der Waals surface area contributed by atoms with Gasteiger partial charge in [-0.2, -0.15) is 0 Å². The maximum absolute atomic E-state index is 11.8. The summed E-state index contributed by atoms with van der Waals surface area (Å²) in [6.45, 7) is 36.5. The summed E-state index contributed by atoms with van der Waals surface area (Å²) in [4.78, 5) is 11.8. The zero-order valence-electron chi connectivity index (χ0n) is 32.5. The SMILES string of the molecule is C=C(C[C@H](O)C[C@@H](C)[C@H]1CC[C@H]2C(=CC=C3C[C@@H](O[Si](C)(C)C(C)(C)C)C(=C)[C@H](O[Si](C)(C)C(C)(C)C)C3)CCC[C@]12C)C(=O)OC. The van der Waals surface area contributed by atoms with Gasteiger partial charge in [-0.1, -0.05) is 91.8 Å². The van der Waals surface area contributed by atoms with Crippen LogP contribution in [-0.4, -0.2) is 53.1 Å². The molecular weight excluding hydrogens is 617 g/mol. The lowest BCUT2D eigenvalue weighted by Gasteiger charge is -2.46. The van der Waals surface area contributed by atoms with Crippen molar-refractivity contribution in [1.82, 2.24) is 0 Å². The van der Waals surface area contributed by atoms with E-state index in [9.17, 15) is 9.90 Å². The average Bonchev–Trinajstić information content (AvgIpc) is 3.29. The summed E-state index contributed by atoms with van der Waals surface area (Å²) >= 11 is 0. The van der Waals surface area contributed by atoms with Gasteiger partial charge in [0, 0.05) is 12.0 Å². The number of carbonyl (C=O) groups excluding carboxylic acids is 1. The Kier molecular flexibility index (Phi) is 12.8. The Morgan fingerprint density at radius 2 is 1.53 bits per heavy atom. The van der Waals surface area contributed by atoms with Crippen LogP contribution in [0.3, 0.4) is 0 Å². The molecule has 0 saturated heterocycles. The van der Waals surface area contributed by atoms with Crippen LogP contribution in [0.25, 0.3) is 0 Å². The number of aliphatic hydroxyl groups excluding tert-OH is 1. The van der Waals surface area contributed by atoms with Gasteiger partial charge in [-0.05, 0) is 116 Å². The van der Waals surface area contributed by atoms with E-state index in [-0.39, 0.29) is 34.1 Å². The van der Waals surface area contributed by atoms with Crippen molar-refractivity contribution < 1.29 is 23.5 Å². The molecule has 0 aromatic heterocycles. The summed E-state index contributed by atoms with van der Waals surface area (Å²) in [6.07, 6.45) is 13.0. The molecule has 5 nitrogen and oxygen atoms in total. The van der Waals surface area contributed by atoms with Crippen LogP contribution in [-0.2, 0) is 18.4 Å². The lowest BCUT2D eigenvalue weighted by molar-refractivity contribution is -0.136. The first-order valence-corrected chi connectivity index (χ1v) is 24.1. The van der Waals surface area contributed by atoms with Crippen molar-refractivity contribution in [3.8, 4) is 0 Å². The number of rotatable bonds is 11. The van der Waals surface area contributed by atoms with Crippen molar-refractivity contribution in [2.24, 2.45) is 23.2 Å². The Morgan fingerprint density at radius 1 is 1.00 bits per heavy atom. The van der Waals surface area contributed by atoms with Crippen molar-refractivity contribution in [3.63, 3.8) is 0 Å².